The zero-order valence-electron chi connectivity index (χ0n) is 12.3. The Hall–Kier alpha value is -2.03. The first-order valence-corrected chi connectivity index (χ1v) is 7.45. The van der Waals surface area contributed by atoms with E-state index >= 15 is 0 Å². The van der Waals surface area contributed by atoms with E-state index in [0.717, 1.165) is 25.9 Å². The Balaban J connectivity index is 1.79. The first kappa shape index (κ1) is 13.9. The molecule has 0 aromatic heterocycles. The number of hydrogen-bond acceptors (Lipinski definition) is 2. The highest BCUT2D eigenvalue weighted by Gasteiger charge is 2.32. The molecule has 21 heavy (non-hydrogen) atoms. The standard InChI is InChI=1S/C18H21FN2/c1-18(14-6-3-2-4-7-14)10-12-21(13-11-18)17-15(19)8-5-9-16(17)20/h2-9H,10-13,20H2,1H3. The van der Waals surface area contributed by atoms with Gasteiger partial charge in [-0.15, -0.1) is 0 Å². The maximum Gasteiger partial charge on any atom is 0.148 e. The number of hydrogen-bond donors (Lipinski definition) is 1. The summed E-state index contributed by atoms with van der Waals surface area (Å²) in [7, 11) is 0. The fraction of sp³-hybridized carbons (Fsp3) is 0.333. The molecule has 2 aromatic carbocycles. The molecule has 0 amide bonds. The minimum absolute atomic E-state index is 0.164. The number of halogens is 1. The van der Waals surface area contributed by atoms with Gasteiger partial charge in [-0.3, -0.25) is 0 Å². The first-order valence-electron chi connectivity index (χ1n) is 7.45. The van der Waals surface area contributed by atoms with Crippen LogP contribution < -0.4 is 10.6 Å². The molecule has 3 rings (SSSR count). The summed E-state index contributed by atoms with van der Waals surface area (Å²) in [5.74, 6) is -0.224. The summed E-state index contributed by atoms with van der Waals surface area (Å²) >= 11 is 0. The molecule has 3 heteroatoms. The van der Waals surface area contributed by atoms with Crippen LogP contribution in [0.4, 0.5) is 15.8 Å². The van der Waals surface area contributed by atoms with Gasteiger partial charge in [0.2, 0.25) is 0 Å². The lowest BCUT2D eigenvalue weighted by Gasteiger charge is -2.41. The number of rotatable bonds is 2. The summed E-state index contributed by atoms with van der Waals surface area (Å²) in [5, 5.41) is 0. The van der Waals surface area contributed by atoms with Crippen molar-refractivity contribution in [2.75, 3.05) is 23.7 Å². The van der Waals surface area contributed by atoms with Crippen molar-refractivity contribution >= 4 is 11.4 Å². The molecule has 1 fully saturated rings. The van der Waals surface area contributed by atoms with Crippen LogP contribution in [0.1, 0.15) is 25.3 Å². The van der Waals surface area contributed by atoms with Crippen molar-refractivity contribution in [2.45, 2.75) is 25.2 Å². The van der Waals surface area contributed by atoms with E-state index in [1.54, 1.807) is 12.1 Å². The Morgan fingerprint density at radius 3 is 2.29 bits per heavy atom. The van der Waals surface area contributed by atoms with Crippen LogP contribution in [0.5, 0.6) is 0 Å². The van der Waals surface area contributed by atoms with E-state index in [4.69, 9.17) is 5.73 Å². The summed E-state index contributed by atoms with van der Waals surface area (Å²) in [4.78, 5) is 2.08. The van der Waals surface area contributed by atoms with Gasteiger partial charge in [0.15, 0.2) is 0 Å². The molecule has 0 unspecified atom stereocenters. The summed E-state index contributed by atoms with van der Waals surface area (Å²) in [6.45, 7) is 3.96. The number of nitrogens with two attached hydrogens (primary N) is 1. The first-order chi connectivity index (χ1) is 10.1. The van der Waals surface area contributed by atoms with E-state index in [1.165, 1.54) is 11.6 Å². The summed E-state index contributed by atoms with van der Waals surface area (Å²) in [6, 6.07) is 15.5. The molecule has 0 saturated carbocycles. The summed E-state index contributed by atoms with van der Waals surface area (Å²) < 4.78 is 14.0. The Labute approximate surface area is 125 Å². The van der Waals surface area contributed by atoms with Gasteiger partial charge in [0.05, 0.1) is 11.4 Å². The Kier molecular flexibility index (Phi) is 3.58. The van der Waals surface area contributed by atoms with Gasteiger partial charge in [0.1, 0.15) is 5.82 Å². The number of nitrogen functional groups attached to an aromatic ring is 1. The normalized spacial score (nSPS) is 17.7. The largest absolute Gasteiger partial charge is 0.397 e. The van der Waals surface area contributed by atoms with Crippen LogP contribution >= 0.6 is 0 Å². The summed E-state index contributed by atoms with van der Waals surface area (Å²) in [5.41, 5.74) is 8.57. The van der Waals surface area contributed by atoms with Crippen LogP contribution in [0, 0.1) is 5.82 Å². The number of piperidine rings is 1. The smallest absolute Gasteiger partial charge is 0.148 e. The van der Waals surface area contributed by atoms with Gasteiger partial charge in [-0.25, -0.2) is 4.39 Å². The molecule has 2 N–H and O–H groups in total. The van der Waals surface area contributed by atoms with Crippen LogP contribution in [0.2, 0.25) is 0 Å². The van der Waals surface area contributed by atoms with Crippen LogP contribution in [0.15, 0.2) is 48.5 Å². The van der Waals surface area contributed by atoms with Gasteiger partial charge in [0, 0.05) is 13.1 Å². The lowest BCUT2D eigenvalue weighted by molar-refractivity contribution is 0.361. The van der Waals surface area contributed by atoms with Gasteiger partial charge in [-0.1, -0.05) is 43.3 Å². The fourth-order valence-electron chi connectivity index (χ4n) is 3.22. The van der Waals surface area contributed by atoms with Crippen LogP contribution in [0.3, 0.4) is 0 Å². The Morgan fingerprint density at radius 2 is 1.67 bits per heavy atom. The average molecular weight is 284 g/mol. The topological polar surface area (TPSA) is 29.3 Å². The van der Waals surface area contributed by atoms with Gasteiger partial charge < -0.3 is 10.6 Å². The molecule has 1 saturated heterocycles. The molecule has 2 aromatic rings. The third-order valence-electron chi connectivity index (χ3n) is 4.67. The van der Waals surface area contributed by atoms with E-state index in [9.17, 15) is 4.39 Å². The quantitative estimate of drug-likeness (QED) is 0.846. The minimum atomic E-state index is -0.224. The van der Waals surface area contributed by atoms with Crippen molar-refractivity contribution in [2.24, 2.45) is 0 Å². The molecule has 1 heterocycles. The molecule has 0 spiro atoms. The Bertz CT molecular complexity index is 596. The molecule has 1 aliphatic rings. The second-order valence-electron chi connectivity index (χ2n) is 6.09. The molecule has 0 aliphatic carbocycles. The monoisotopic (exact) mass is 284 g/mol. The minimum Gasteiger partial charge on any atom is -0.397 e. The molecular formula is C18H21FN2. The van der Waals surface area contributed by atoms with E-state index in [1.807, 2.05) is 6.07 Å². The zero-order chi connectivity index (χ0) is 14.9. The highest BCUT2D eigenvalue weighted by molar-refractivity contribution is 5.68. The van der Waals surface area contributed by atoms with Gasteiger partial charge in [-0.2, -0.15) is 0 Å². The maximum absolute atomic E-state index is 14.0. The molecule has 1 aliphatic heterocycles. The van der Waals surface area contributed by atoms with E-state index in [2.05, 4.69) is 36.1 Å². The fourth-order valence-corrected chi connectivity index (χ4v) is 3.22. The number of anilines is 2. The lowest BCUT2D eigenvalue weighted by atomic mass is 9.74. The SMILES string of the molecule is CC1(c2ccccc2)CCN(c2c(N)cccc2F)CC1. The molecule has 0 bridgehead atoms. The highest BCUT2D eigenvalue weighted by Crippen LogP contribution is 2.38. The zero-order valence-corrected chi connectivity index (χ0v) is 12.3. The van der Waals surface area contributed by atoms with Crippen LogP contribution in [-0.2, 0) is 5.41 Å². The lowest BCUT2D eigenvalue weighted by Crippen LogP contribution is -2.41. The molecule has 0 radical (unpaired) electrons. The predicted octanol–water partition coefficient (Wildman–Crippen LogP) is 3.97. The van der Waals surface area contributed by atoms with Crippen LogP contribution in [-0.4, -0.2) is 13.1 Å². The van der Waals surface area contributed by atoms with Crippen molar-refractivity contribution in [3.05, 3.63) is 59.9 Å². The van der Waals surface area contributed by atoms with Crippen molar-refractivity contribution in [1.29, 1.82) is 0 Å². The van der Waals surface area contributed by atoms with Crippen molar-refractivity contribution in [3.8, 4) is 0 Å². The molecular weight excluding hydrogens is 263 g/mol. The van der Waals surface area contributed by atoms with Gasteiger partial charge >= 0.3 is 0 Å². The maximum atomic E-state index is 14.0. The number of para-hydroxylation sites is 1. The third kappa shape index (κ3) is 2.60. The average Bonchev–Trinajstić information content (AvgIpc) is 2.50. The molecule has 0 atom stereocenters. The van der Waals surface area contributed by atoms with Crippen LogP contribution in [0.25, 0.3) is 0 Å². The van der Waals surface area contributed by atoms with Crippen molar-refractivity contribution < 1.29 is 4.39 Å². The second-order valence-corrected chi connectivity index (χ2v) is 6.09. The molecule has 2 nitrogen and oxygen atoms in total. The number of nitrogens with zero attached hydrogens (tertiary/aromatic N) is 1. The van der Waals surface area contributed by atoms with Gasteiger partial charge in [0.25, 0.3) is 0 Å². The Morgan fingerprint density at radius 1 is 1.00 bits per heavy atom. The third-order valence-corrected chi connectivity index (χ3v) is 4.67. The van der Waals surface area contributed by atoms with Gasteiger partial charge in [-0.05, 0) is 36.0 Å². The summed E-state index contributed by atoms with van der Waals surface area (Å²) in [6.07, 6.45) is 2.01. The number of benzene rings is 2. The van der Waals surface area contributed by atoms with Crippen molar-refractivity contribution in [3.63, 3.8) is 0 Å². The van der Waals surface area contributed by atoms with E-state index < -0.39 is 0 Å². The van der Waals surface area contributed by atoms with Crippen molar-refractivity contribution in [1.82, 2.24) is 0 Å². The molecule has 110 valence electrons. The van der Waals surface area contributed by atoms with E-state index in [0.29, 0.717) is 11.4 Å². The predicted molar refractivity (Wildman–Crippen MR) is 86.1 cm³/mol. The highest BCUT2D eigenvalue weighted by atomic mass is 19.1. The van der Waals surface area contributed by atoms with E-state index in [-0.39, 0.29) is 11.2 Å². The second kappa shape index (κ2) is 5.40.